The van der Waals surface area contributed by atoms with Gasteiger partial charge in [0.05, 0.1) is 13.2 Å². The summed E-state index contributed by atoms with van der Waals surface area (Å²) in [5, 5.41) is 3.77. The molecule has 6 heteroatoms. The molecule has 1 aromatic rings. The number of nitrogens with one attached hydrogen (secondary N) is 1. The van der Waals surface area contributed by atoms with E-state index in [1.807, 2.05) is 16.5 Å². The van der Waals surface area contributed by atoms with Crippen molar-refractivity contribution in [3.8, 4) is 0 Å². The van der Waals surface area contributed by atoms with E-state index in [1.54, 1.807) is 0 Å². The van der Waals surface area contributed by atoms with Crippen LogP contribution in [0.2, 0.25) is 0 Å². The molecule has 1 saturated heterocycles. The van der Waals surface area contributed by atoms with Crippen molar-refractivity contribution in [2.75, 3.05) is 26.3 Å². The summed E-state index contributed by atoms with van der Waals surface area (Å²) in [5.74, 6) is -0.0567. The Morgan fingerprint density at radius 2 is 2.27 bits per heavy atom. The van der Waals surface area contributed by atoms with E-state index in [0.29, 0.717) is 18.1 Å². The molecule has 0 unspecified atom stereocenters. The maximum atomic E-state index is 11.8. The Kier molecular flexibility index (Phi) is 3.74. The molecule has 4 nitrogen and oxygen atoms in total. The van der Waals surface area contributed by atoms with Crippen molar-refractivity contribution in [1.82, 2.24) is 10.4 Å². The van der Waals surface area contributed by atoms with Gasteiger partial charge in [-0.05, 0) is 27.4 Å². The van der Waals surface area contributed by atoms with Crippen LogP contribution in [0.25, 0.3) is 0 Å². The lowest BCUT2D eigenvalue weighted by Crippen LogP contribution is -2.48. The van der Waals surface area contributed by atoms with Gasteiger partial charge in [0.2, 0.25) is 0 Å². The van der Waals surface area contributed by atoms with Crippen molar-refractivity contribution in [2.24, 2.45) is 0 Å². The molecule has 15 heavy (non-hydrogen) atoms. The molecule has 0 radical (unpaired) electrons. The molecule has 82 valence electrons. The molecule has 0 bridgehead atoms. The van der Waals surface area contributed by atoms with Crippen molar-refractivity contribution in [3.63, 3.8) is 0 Å². The van der Waals surface area contributed by atoms with E-state index in [4.69, 9.17) is 4.74 Å². The summed E-state index contributed by atoms with van der Waals surface area (Å²) >= 11 is 4.77. The van der Waals surface area contributed by atoms with Gasteiger partial charge in [-0.2, -0.15) is 0 Å². The minimum absolute atomic E-state index is 0.0567. The van der Waals surface area contributed by atoms with E-state index < -0.39 is 0 Å². The second-order valence-electron chi connectivity index (χ2n) is 3.14. The van der Waals surface area contributed by atoms with Crippen molar-refractivity contribution in [3.05, 3.63) is 20.8 Å². The normalized spacial score (nSPS) is 17.7. The summed E-state index contributed by atoms with van der Waals surface area (Å²) in [6.45, 7) is 2.83. The number of rotatable bonds is 2. The zero-order valence-corrected chi connectivity index (χ0v) is 10.4. The molecule has 0 aromatic carbocycles. The Hall–Kier alpha value is -0.430. The van der Waals surface area contributed by atoms with Gasteiger partial charge in [-0.1, -0.05) is 0 Å². The molecule has 2 heterocycles. The first-order chi connectivity index (χ1) is 7.27. The molecule has 1 amide bonds. The molecule has 0 aliphatic carbocycles. The van der Waals surface area contributed by atoms with Crippen LogP contribution in [-0.2, 0) is 4.74 Å². The van der Waals surface area contributed by atoms with Gasteiger partial charge in [0.1, 0.15) is 4.88 Å². The Morgan fingerprint density at radius 1 is 1.53 bits per heavy atom. The molecule has 1 fully saturated rings. The van der Waals surface area contributed by atoms with E-state index in [-0.39, 0.29) is 5.91 Å². The number of halogens is 1. The van der Waals surface area contributed by atoms with Crippen LogP contribution in [0, 0.1) is 0 Å². The maximum absolute atomic E-state index is 11.8. The minimum Gasteiger partial charge on any atom is -0.379 e. The molecular formula is C9H11BrN2O2S. The van der Waals surface area contributed by atoms with E-state index in [2.05, 4.69) is 21.4 Å². The highest BCUT2D eigenvalue weighted by atomic mass is 79.9. The Bertz CT molecular complexity index is 350. The average molecular weight is 291 g/mol. The van der Waals surface area contributed by atoms with Gasteiger partial charge in [0.15, 0.2) is 0 Å². The molecule has 1 aliphatic heterocycles. The number of carbonyl (C=O) groups excluding carboxylic acids is 1. The van der Waals surface area contributed by atoms with Crippen LogP contribution < -0.4 is 5.43 Å². The maximum Gasteiger partial charge on any atom is 0.276 e. The van der Waals surface area contributed by atoms with Gasteiger partial charge in [-0.15, -0.1) is 11.3 Å². The largest absolute Gasteiger partial charge is 0.379 e. The predicted octanol–water partition coefficient (Wildman–Crippen LogP) is 1.49. The summed E-state index contributed by atoms with van der Waals surface area (Å²) in [6.07, 6.45) is 0. The quantitative estimate of drug-likeness (QED) is 0.897. The SMILES string of the molecule is O=C(NN1CCOCC1)c1sccc1Br. The second kappa shape index (κ2) is 5.07. The lowest BCUT2D eigenvalue weighted by atomic mass is 10.4. The minimum atomic E-state index is -0.0567. The standard InChI is InChI=1S/C9H11BrN2O2S/c10-7-1-6-15-8(7)9(13)11-12-2-4-14-5-3-12/h1,6H,2-5H2,(H,11,13). The Labute approximate surface area is 100 Å². The van der Waals surface area contributed by atoms with Crippen LogP contribution in [-0.4, -0.2) is 37.2 Å². The Morgan fingerprint density at radius 3 is 2.87 bits per heavy atom. The third-order valence-electron chi connectivity index (χ3n) is 2.09. The Balaban J connectivity index is 1.94. The van der Waals surface area contributed by atoms with Gasteiger partial charge >= 0.3 is 0 Å². The van der Waals surface area contributed by atoms with Crippen LogP contribution in [0.4, 0.5) is 0 Å². The molecule has 1 aliphatic rings. The molecule has 0 spiro atoms. The van der Waals surface area contributed by atoms with Gasteiger partial charge in [0, 0.05) is 17.6 Å². The van der Waals surface area contributed by atoms with E-state index >= 15 is 0 Å². The van der Waals surface area contributed by atoms with E-state index in [1.165, 1.54) is 11.3 Å². The number of carbonyl (C=O) groups is 1. The van der Waals surface area contributed by atoms with Gasteiger partial charge < -0.3 is 4.74 Å². The molecule has 1 N–H and O–H groups in total. The fourth-order valence-electron chi connectivity index (χ4n) is 1.33. The van der Waals surface area contributed by atoms with Crippen LogP contribution in [0.1, 0.15) is 9.67 Å². The van der Waals surface area contributed by atoms with Crippen molar-refractivity contribution in [2.45, 2.75) is 0 Å². The van der Waals surface area contributed by atoms with Crippen LogP contribution in [0.15, 0.2) is 15.9 Å². The van der Waals surface area contributed by atoms with Crippen molar-refractivity contribution >= 4 is 33.2 Å². The van der Waals surface area contributed by atoms with Crippen LogP contribution in [0.5, 0.6) is 0 Å². The second-order valence-corrected chi connectivity index (χ2v) is 4.91. The number of nitrogens with zero attached hydrogens (tertiary/aromatic N) is 1. The van der Waals surface area contributed by atoms with E-state index in [9.17, 15) is 4.79 Å². The van der Waals surface area contributed by atoms with Crippen LogP contribution in [0.3, 0.4) is 0 Å². The number of hydrazine groups is 1. The summed E-state index contributed by atoms with van der Waals surface area (Å²) in [7, 11) is 0. The first-order valence-electron chi connectivity index (χ1n) is 4.64. The third-order valence-corrected chi connectivity index (χ3v) is 3.93. The molecular weight excluding hydrogens is 280 g/mol. The topological polar surface area (TPSA) is 41.6 Å². The number of morpholine rings is 1. The number of thiophene rings is 1. The monoisotopic (exact) mass is 290 g/mol. The molecule has 1 aromatic heterocycles. The summed E-state index contributed by atoms with van der Waals surface area (Å²) in [4.78, 5) is 12.5. The molecule has 0 saturated carbocycles. The average Bonchev–Trinajstić information content (AvgIpc) is 2.66. The fourth-order valence-corrected chi connectivity index (χ4v) is 2.77. The highest BCUT2D eigenvalue weighted by Gasteiger charge is 2.16. The lowest BCUT2D eigenvalue weighted by molar-refractivity contribution is 0.0127. The zero-order valence-electron chi connectivity index (χ0n) is 8.03. The summed E-state index contributed by atoms with van der Waals surface area (Å²) in [6, 6.07) is 1.87. The first-order valence-corrected chi connectivity index (χ1v) is 6.31. The van der Waals surface area contributed by atoms with Crippen molar-refractivity contribution < 1.29 is 9.53 Å². The molecule has 2 rings (SSSR count). The van der Waals surface area contributed by atoms with Crippen LogP contribution >= 0.6 is 27.3 Å². The predicted molar refractivity (Wildman–Crippen MR) is 61.9 cm³/mol. The first kappa shape index (κ1) is 11.1. The summed E-state index contributed by atoms with van der Waals surface area (Å²) < 4.78 is 6.04. The van der Waals surface area contributed by atoms with Crippen molar-refractivity contribution in [1.29, 1.82) is 0 Å². The van der Waals surface area contributed by atoms with Gasteiger partial charge in [0.25, 0.3) is 5.91 Å². The summed E-state index contributed by atoms with van der Waals surface area (Å²) in [5.41, 5.74) is 2.86. The third kappa shape index (κ3) is 2.78. The highest BCUT2D eigenvalue weighted by Crippen LogP contribution is 2.22. The lowest BCUT2D eigenvalue weighted by Gasteiger charge is -2.26. The van der Waals surface area contributed by atoms with E-state index in [0.717, 1.165) is 17.6 Å². The molecule has 0 atom stereocenters. The smallest absolute Gasteiger partial charge is 0.276 e. The zero-order chi connectivity index (χ0) is 10.7. The number of ether oxygens (including phenoxy) is 1. The number of hydrogen-bond donors (Lipinski definition) is 1. The number of hydrogen-bond acceptors (Lipinski definition) is 4. The number of amides is 1. The fraction of sp³-hybridized carbons (Fsp3) is 0.444. The highest BCUT2D eigenvalue weighted by molar-refractivity contribution is 9.10. The van der Waals surface area contributed by atoms with Gasteiger partial charge in [-0.25, -0.2) is 5.01 Å². The van der Waals surface area contributed by atoms with Gasteiger partial charge in [-0.3, -0.25) is 10.2 Å².